The monoisotopic (exact) mass is 438 g/mol. The average molecular weight is 439 g/mol. The van der Waals surface area contributed by atoms with Crippen LogP contribution in [0.25, 0.3) is 0 Å². The fourth-order valence-corrected chi connectivity index (χ4v) is 4.40. The topological polar surface area (TPSA) is 91.3 Å². The van der Waals surface area contributed by atoms with Crippen LogP contribution in [-0.4, -0.2) is 67.2 Å². The van der Waals surface area contributed by atoms with Crippen molar-refractivity contribution in [2.24, 2.45) is 4.99 Å². The van der Waals surface area contributed by atoms with Gasteiger partial charge in [0.25, 0.3) is 0 Å². The van der Waals surface area contributed by atoms with E-state index >= 15 is 0 Å². The summed E-state index contributed by atoms with van der Waals surface area (Å²) in [4.78, 5) is 44.4. The van der Waals surface area contributed by atoms with Crippen LogP contribution in [0.15, 0.2) is 28.1 Å². The minimum atomic E-state index is -0.780. The summed E-state index contributed by atoms with van der Waals surface area (Å²) >= 11 is 2.85. The molecule has 8 nitrogen and oxygen atoms in total. The zero-order valence-corrected chi connectivity index (χ0v) is 18.7. The Labute approximate surface area is 179 Å². The lowest BCUT2D eigenvalue weighted by Gasteiger charge is -2.21. The number of ether oxygens (including phenoxy) is 1. The number of amides is 3. The van der Waals surface area contributed by atoms with Crippen LogP contribution in [0, 0.1) is 0 Å². The van der Waals surface area contributed by atoms with Crippen LogP contribution in [0.2, 0.25) is 0 Å². The number of carbonyl (C=O) groups is 3. The number of thioether (sulfide) groups is 2. The maximum atomic E-state index is 12.5. The van der Waals surface area contributed by atoms with Gasteiger partial charge < -0.3 is 15.0 Å². The summed E-state index contributed by atoms with van der Waals surface area (Å²) in [6.07, 6.45) is 1.41. The molecule has 10 heteroatoms. The van der Waals surface area contributed by atoms with Gasteiger partial charge in [-0.15, -0.1) is 11.8 Å². The van der Waals surface area contributed by atoms with Crippen molar-refractivity contribution in [3.63, 3.8) is 0 Å². The molecule has 1 N–H and O–H groups in total. The van der Waals surface area contributed by atoms with Gasteiger partial charge in [0.1, 0.15) is 0 Å². The van der Waals surface area contributed by atoms with Crippen molar-refractivity contribution in [3.05, 3.63) is 18.2 Å². The second-order valence-corrected chi connectivity index (χ2v) is 8.66. The molecule has 1 aliphatic rings. The maximum Gasteiger partial charge on any atom is 0.435 e. The van der Waals surface area contributed by atoms with E-state index in [9.17, 15) is 14.4 Å². The molecule has 1 aromatic rings. The smallest absolute Gasteiger partial charge is 0.435 e. The van der Waals surface area contributed by atoms with Gasteiger partial charge in [0.15, 0.2) is 5.17 Å². The number of rotatable bonds is 8. The molecule has 0 radical (unpaired) electrons. The fourth-order valence-electron chi connectivity index (χ4n) is 2.52. The van der Waals surface area contributed by atoms with Gasteiger partial charge in [-0.25, -0.2) is 4.79 Å². The van der Waals surface area contributed by atoms with Crippen LogP contribution < -0.4 is 10.2 Å². The van der Waals surface area contributed by atoms with E-state index in [1.165, 1.54) is 12.0 Å². The number of hydrogen-bond donors (Lipinski definition) is 1. The fraction of sp³-hybridized carbons (Fsp3) is 0.474. The van der Waals surface area contributed by atoms with E-state index < -0.39 is 6.09 Å². The molecule has 3 amide bonds. The normalized spacial score (nSPS) is 15.3. The van der Waals surface area contributed by atoms with E-state index in [0.717, 1.165) is 35.3 Å². The number of aliphatic imine (C=N–C) groups is 1. The Morgan fingerprint density at radius 2 is 2.14 bits per heavy atom. The number of nitrogens with zero attached hydrogens (tertiary/aromatic N) is 3. The number of likely N-dealkylation sites (N-methyl/N-ethyl adjacent to an activating group) is 1. The van der Waals surface area contributed by atoms with E-state index in [1.807, 2.05) is 12.1 Å². The minimum Gasteiger partial charge on any atom is -0.451 e. The molecule has 0 spiro atoms. The lowest BCUT2D eigenvalue weighted by atomic mass is 10.2. The first-order valence-corrected chi connectivity index (χ1v) is 11.2. The average Bonchev–Trinajstić information content (AvgIpc) is 3.01. The Morgan fingerprint density at radius 1 is 1.38 bits per heavy atom. The molecule has 0 atom stereocenters. The Kier molecular flexibility index (Phi) is 8.99. The van der Waals surface area contributed by atoms with Gasteiger partial charge in [0.05, 0.1) is 30.8 Å². The highest BCUT2D eigenvalue weighted by Crippen LogP contribution is 2.36. The number of anilines is 2. The molecular formula is C19H26N4O4S2. The first kappa shape index (κ1) is 23.2. The van der Waals surface area contributed by atoms with E-state index in [2.05, 4.69) is 22.0 Å². The molecular weight excluding hydrogens is 412 g/mol. The van der Waals surface area contributed by atoms with Crippen LogP contribution >= 0.6 is 23.5 Å². The number of benzene rings is 1. The third-order valence-electron chi connectivity index (χ3n) is 3.84. The third kappa shape index (κ3) is 6.76. The number of nitrogens with one attached hydrogen (secondary N) is 1. The Bertz CT molecular complexity index is 798. The molecule has 0 aliphatic carbocycles. The van der Waals surface area contributed by atoms with Gasteiger partial charge >= 0.3 is 6.09 Å². The van der Waals surface area contributed by atoms with E-state index in [-0.39, 0.29) is 29.3 Å². The molecule has 158 valence electrons. The highest BCUT2D eigenvalue weighted by atomic mass is 32.2. The number of unbranched alkanes of at least 4 members (excludes halogenated alkanes) is 1. The predicted octanol–water partition coefficient (Wildman–Crippen LogP) is 3.28. The standard InChI is InChI=1S/C19H26N4O4S2/c1-5-6-9-28-13-7-8-15(14(10-13)20-16(24)11-22(2)3)23-17(25)12-29-18(23)21-19(26)27-4/h7-8,10H,5-6,9,11-12H2,1-4H3,(H,20,24)/b21-18-. The molecule has 1 fully saturated rings. The molecule has 1 aliphatic heterocycles. The SMILES string of the molecule is CCCCSc1ccc(N2C(=O)CS/C2=N\C(=O)OC)c(NC(=O)CN(C)C)c1. The minimum absolute atomic E-state index is 0.161. The van der Waals surface area contributed by atoms with Crippen LogP contribution in [0.1, 0.15) is 19.8 Å². The number of methoxy groups -OCH3 is 1. The molecule has 1 heterocycles. The Morgan fingerprint density at radius 3 is 2.79 bits per heavy atom. The van der Waals surface area contributed by atoms with E-state index in [4.69, 9.17) is 0 Å². The van der Waals surface area contributed by atoms with Crippen LogP contribution in [0.5, 0.6) is 0 Å². The van der Waals surface area contributed by atoms with Crippen molar-refractivity contribution >= 4 is 58.0 Å². The highest BCUT2D eigenvalue weighted by Gasteiger charge is 2.32. The third-order valence-corrected chi connectivity index (χ3v) is 5.84. The Balaban J connectivity index is 2.39. The number of carbonyl (C=O) groups excluding carboxylic acids is 3. The summed E-state index contributed by atoms with van der Waals surface area (Å²) in [6, 6.07) is 5.54. The van der Waals surface area contributed by atoms with E-state index in [1.54, 1.807) is 36.8 Å². The summed E-state index contributed by atoms with van der Waals surface area (Å²) in [5.74, 6) is 0.715. The summed E-state index contributed by atoms with van der Waals surface area (Å²) in [5.41, 5.74) is 0.987. The molecule has 0 unspecified atom stereocenters. The number of amidine groups is 1. The van der Waals surface area contributed by atoms with Crippen molar-refractivity contribution in [2.45, 2.75) is 24.7 Å². The second kappa shape index (κ2) is 11.2. The second-order valence-electron chi connectivity index (χ2n) is 6.55. The van der Waals surface area contributed by atoms with Crippen LogP contribution in [0.4, 0.5) is 16.2 Å². The molecule has 2 rings (SSSR count). The highest BCUT2D eigenvalue weighted by molar-refractivity contribution is 8.15. The maximum absolute atomic E-state index is 12.5. The van der Waals surface area contributed by atoms with Crippen molar-refractivity contribution in [2.75, 3.05) is 49.5 Å². The molecule has 0 bridgehead atoms. The molecule has 1 saturated heterocycles. The molecule has 0 aromatic heterocycles. The molecule has 29 heavy (non-hydrogen) atoms. The zero-order chi connectivity index (χ0) is 21.4. The zero-order valence-electron chi connectivity index (χ0n) is 17.1. The van der Waals surface area contributed by atoms with Gasteiger partial charge in [-0.2, -0.15) is 4.99 Å². The van der Waals surface area contributed by atoms with Crippen molar-refractivity contribution in [3.8, 4) is 0 Å². The molecule has 1 aromatic carbocycles. The molecule has 0 saturated carbocycles. The van der Waals surface area contributed by atoms with Gasteiger partial charge in [0, 0.05) is 4.90 Å². The van der Waals surface area contributed by atoms with Gasteiger partial charge in [0.2, 0.25) is 11.8 Å². The number of hydrogen-bond acceptors (Lipinski definition) is 7. The quantitative estimate of drug-likeness (QED) is 0.492. The summed E-state index contributed by atoms with van der Waals surface area (Å²) in [6.45, 7) is 2.34. The van der Waals surface area contributed by atoms with Crippen molar-refractivity contribution < 1.29 is 19.1 Å². The van der Waals surface area contributed by atoms with Crippen molar-refractivity contribution in [1.29, 1.82) is 0 Å². The first-order chi connectivity index (χ1) is 13.8. The Hall–Kier alpha value is -2.04. The predicted molar refractivity (Wildman–Crippen MR) is 119 cm³/mol. The van der Waals surface area contributed by atoms with Crippen LogP contribution in [-0.2, 0) is 14.3 Å². The lowest BCUT2D eigenvalue weighted by Crippen LogP contribution is -2.32. The van der Waals surface area contributed by atoms with Gasteiger partial charge in [-0.1, -0.05) is 25.1 Å². The largest absolute Gasteiger partial charge is 0.451 e. The summed E-state index contributed by atoms with van der Waals surface area (Å²) in [7, 11) is 4.84. The van der Waals surface area contributed by atoms with Crippen LogP contribution in [0.3, 0.4) is 0 Å². The van der Waals surface area contributed by atoms with Gasteiger partial charge in [-0.3, -0.25) is 14.5 Å². The summed E-state index contributed by atoms with van der Waals surface area (Å²) in [5, 5.41) is 3.12. The van der Waals surface area contributed by atoms with Crippen molar-refractivity contribution in [1.82, 2.24) is 4.90 Å². The first-order valence-electron chi connectivity index (χ1n) is 9.19. The van der Waals surface area contributed by atoms with E-state index in [0.29, 0.717) is 11.4 Å². The summed E-state index contributed by atoms with van der Waals surface area (Å²) < 4.78 is 4.59. The van der Waals surface area contributed by atoms with Gasteiger partial charge in [-0.05, 0) is 44.5 Å². The lowest BCUT2D eigenvalue weighted by molar-refractivity contribution is -0.117.